The van der Waals surface area contributed by atoms with Crippen LogP contribution in [0.4, 0.5) is 5.69 Å². The number of nitrogens with one attached hydrogen (secondary N) is 3. The first kappa shape index (κ1) is 12.2. The predicted octanol–water partition coefficient (Wildman–Crippen LogP) is 2.42. The third kappa shape index (κ3) is 2.33. The Hall–Kier alpha value is -2.82. The first-order chi connectivity index (χ1) is 9.61. The summed E-state index contributed by atoms with van der Waals surface area (Å²) in [5.41, 5.74) is 3.39. The first-order valence-electron chi connectivity index (χ1n) is 6.22. The monoisotopic (exact) mass is 267 g/mol. The zero-order valence-corrected chi connectivity index (χ0v) is 10.9. The number of amides is 1. The van der Waals surface area contributed by atoms with Crippen molar-refractivity contribution in [1.82, 2.24) is 9.97 Å². The standard InChI is InChI=1S/C15H13N3O2/c1-9-3-2-4-10(7-9)14(19)16-11-5-6-12-13(8-11)18-15(20)17-12/h2-8H,1H3,(H,16,19)(H2,17,18,20). The van der Waals surface area contributed by atoms with Gasteiger partial charge in [-0.2, -0.15) is 0 Å². The average Bonchev–Trinajstić information content (AvgIpc) is 2.78. The molecule has 1 heterocycles. The molecule has 3 rings (SSSR count). The van der Waals surface area contributed by atoms with Gasteiger partial charge in [0.05, 0.1) is 11.0 Å². The Balaban J connectivity index is 1.88. The van der Waals surface area contributed by atoms with Gasteiger partial charge in [-0.15, -0.1) is 0 Å². The van der Waals surface area contributed by atoms with Gasteiger partial charge in [0, 0.05) is 11.3 Å². The van der Waals surface area contributed by atoms with Crippen molar-refractivity contribution in [2.45, 2.75) is 6.92 Å². The zero-order chi connectivity index (χ0) is 14.1. The molecule has 0 aliphatic carbocycles. The van der Waals surface area contributed by atoms with Gasteiger partial charge in [0.2, 0.25) is 0 Å². The quantitative estimate of drug-likeness (QED) is 0.666. The number of imidazole rings is 1. The summed E-state index contributed by atoms with van der Waals surface area (Å²) in [5, 5.41) is 2.81. The van der Waals surface area contributed by atoms with Gasteiger partial charge in [0.25, 0.3) is 5.91 Å². The lowest BCUT2D eigenvalue weighted by molar-refractivity contribution is 0.102. The second kappa shape index (κ2) is 4.70. The molecule has 0 radical (unpaired) electrons. The summed E-state index contributed by atoms with van der Waals surface area (Å²) in [5.74, 6) is -0.175. The Morgan fingerprint density at radius 2 is 1.85 bits per heavy atom. The number of aromatic nitrogens is 2. The smallest absolute Gasteiger partial charge is 0.322 e. The minimum atomic E-state index is -0.262. The molecule has 2 aromatic carbocycles. The molecular weight excluding hydrogens is 254 g/mol. The van der Waals surface area contributed by atoms with Crippen molar-refractivity contribution >= 4 is 22.6 Å². The van der Waals surface area contributed by atoms with Crippen molar-refractivity contribution in [1.29, 1.82) is 0 Å². The van der Waals surface area contributed by atoms with Crippen molar-refractivity contribution in [3.63, 3.8) is 0 Å². The summed E-state index contributed by atoms with van der Waals surface area (Å²) in [4.78, 5) is 28.6. The maximum Gasteiger partial charge on any atom is 0.323 e. The normalized spacial score (nSPS) is 10.7. The maximum absolute atomic E-state index is 12.1. The Labute approximate surface area is 114 Å². The number of fused-ring (bicyclic) bond motifs is 1. The molecule has 0 saturated carbocycles. The fourth-order valence-corrected chi connectivity index (χ4v) is 2.10. The number of benzene rings is 2. The predicted molar refractivity (Wildman–Crippen MR) is 78.1 cm³/mol. The van der Waals surface area contributed by atoms with E-state index in [2.05, 4.69) is 15.3 Å². The zero-order valence-electron chi connectivity index (χ0n) is 10.9. The lowest BCUT2D eigenvalue weighted by Gasteiger charge is -2.05. The summed E-state index contributed by atoms with van der Waals surface area (Å²) in [6.45, 7) is 1.94. The lowest BCUT2D eigenvalue weighted by Crippen LogP contribution is -2.11. The van der Waals surface area contributed by atoms with E-state index in [0.717, 1.165) is 5.56 Å². The Morgan fingerprint density at radius 1 is 1.05 bits per heavy atom. The lowest BCUT2D eigenvalue weighted by atomic mass is 10.1. The Bertz CT molecular complexity index is 845. The molecule has 3 N–H and O–H groups in total. The molecule has 0 bridgehead atoms. The van der Waals surface area contributed by atoms with Gasteiger partial charge >= 0.3 is 5.69 Å². The van der Waals surface area contributed by atoms with E-state index in [-0.39, 0.29) is 11.6 Å². The number of H-pyrrole nitrogens is 2. The van der Waals surface area contributed by atoms with E-state index in [9.17, 15) is 9.59 Å². The number of carbonyl (C=O) groups excluding carboxylic acids is 1. The largest absolute Gasteiger partial charge is 0.323 e. The maximum atomic E-state index is 12.1. The van der Waals surface area contributed by atoms with Gasteiger partial charge in [-0.1, -0.05) is 17.7 Å². The molecule has 3 aromatic rings. The number of rotatable bonds is 2. The van der Waals surface area contributed by atoms with Crippen LogP contribution in [-0.2, 0) is 0 Å². The molecule has 0 spiro atoms. The van der Waals surface area contributed by atoms with Crippen LogP contribution in [0.1, 0.15) is 15.9 Å². The third-order valence-electron chi connectivity index (χ3n) is 3.05. The van der Waals surface area contributed by atoms with Crippen molar-refractivity contribution in [3.8, 4) is 0 Å². The molecule has 1 aromatic heterocycles. The van der Waals surface area contributed by atoms with E-state index >= 15 is 0 Å². The summed E-state index contributed by atoms with van der Waals surface area (Å²) in [7, 11) is 0. The highest BCUT2D eigenvalue weighted by Crippen LogP contribution is 2.15. The number of aromatic amines is 2. The van der Waals surface area contributed by atoms with Gasteiger partial charge in [0.1, 0.15) is 0 Å². The van der Waals surface area contributed by atoms with Crippen LogP contribution in [0.5, 0.6) is 0 Å². The van der Waals surface area contributed by atoms with Crippen molar-refractivity contribution in [3.05, 3.63) is 64.1 Å². The summed E-state index contributed by atoms with van der Waals surface area (Å²) < 4.78 is 0. The molecule has 0 fully saturated rings. The Kier molecular flexibility index (Phi) is 2.87. The minimum absolute atomic E-state index is 0.175. The van der Waals surface area contributed by atoms with E-state index in [1.165, 1.54) is 0 Å². The van der Waals surface area contributed by atoms with Crippen LogP contribution in [0.15, 0.2) is 47.3 Å². The molecule has 100 valence electrons. The van der Waals surface area contributed by atoms with Gasteiger partial charge in [-0.05, 0) is 37.3 Å². The number of carbonyl (C=O) groups is 1. The van der Waals surface area contributed by atoms with Crippen LogP contribution in [0.25, 0.3) is 11.0 Å². The second-order valence-electron chi connectivity index (χ2n) is 4.66. The van der Waals surface area contributed by atoms with E-state index in [4.69, 9.17) is 0 Å². The summed E-state index contributed by atoms with van der Waals surface area (Å²) in [6.07, 6.45) is 0. The van der Waals surface area contributed by atoms with Crippen LogP contribution >= 0.6 is 0 Å². The average molecular weight is 267 g/mol. The summed E-state index contributed by atoms with van der Waals surface area (Å²) in [6, 6.07) is 12.6. The Morgan fingerprint density at radius 3 is 2.65 bits per heavy atom. The van der Waals surface area contributed by atoms with Gasteiger partial charge in [-0.25, -0.2) is 4.79 Å². The molecule has 1 amide bonds. The molecular formula is C15H13N3O2. The van der Waals surface area contributed by atoms with Crippen LogP contribution in [0, 0.1) is 6.92 Å². The molecule has 5 heteroatoms. The van der Waals surface area contributed by atoms with E-state index < -0.39 is 0 Å². The van der Waals surface area contributed by atoms with Crippen molar-refractivity contribution < 1.29 is 4.79 Å². The van der Waals surface area contributed by atoms with E-state index in [0.29, 0.717) is 22.3 Å². The molecule has 5 nitrogen and oxygen atoms in total. The highest BCUT2D eigenvalue weighted by atomic mass is 16.2. The van der Waals surface area contributed by atoms with Gasteiger partial charge < -0.3 is 15.3 Å². The third-order valence-corrected chi connectivity index (χ3v) is 3.05. The van der Waals surface area contributed by atoms with E-state index in [1.807, 2.05) is 25.1 Å². The van der Waals surface area contributed by atoms with Crippen molar-refractivity contribution in [2.75, 3.05) is 5.32 Å². The molecule has 20 heavy (non-hydrogen) atoms. The number of aryl methyl sites for hydroxylation is 1. The molecule has 0 atom stereocenters. The van der Waals surface area contributed by atoms with E-state index in [1.54, 1.807) is 24.3 Å². The topological polar surface area (TPSA) is 77.8 Å². The highest BCUT2D eigenvalue weighted by Gasteiger charge is 2.07. The van der Waals surface area contributed by atoms with Crippen molar-refractivity contribution in [2.24, 2.45) is 0 Å². The summed E-state index contributed by atoms with van der Waals surface area (Å²) >= 11 is 0. The van der Waals surface area contributed by atoms with Crippen LogP contribution in [0.3, 0.4) is 0 Å². The minimum Gasteiger partial charge on any atom is -0.322 e. The SMILES string of the molecule is Cc1cccc(C(=O)Nc2ccc3[nH]c(=O)[nH]c3c2)c1. The second-order valence-corrected chi connectivity index (χ2v) is 4.66. The van der Waals surface area contributed by atoms with Gasteiger partial charge in [0.15, 0.2) is 0 Å². The van der Waals surface area contributed by atoms with Crippen LogP contribution in [0.2, 0.25) is 0 Å². The molecule has 0 aliphatic heterocycles. The van der Waals surface area contributed by atoms with Crippen LogP contribution < -0.4 is 11.0 Å². The molecule has 0 saturated heterocycles. The number of anilines is 1. The number of hydrogen-bond donors (Lipinski definition) is 3. The first-order valence-corrected chi connectivity index (χ1v) is 6.22. The highest BCUT2D eigenvalue weighted by molar-refractivity contribution is 6.05. The fraction of sp³-hybridized carbons (Fsp3) is 0.0667. The van der Waals surface area contributed by atoms with Crippen LogP contribution in [-0.4, -0.2) is 15.9 Å². The fourth-order valence-electron chi connectivity index (χ4n) is 2.10. The van der Waals surface area contributed by atoms with Gasteiger partial charge in [-0.3, -0.25) is 4.79 Å². The molecule has 0 unspecified atom stereocenters. The molecule has 0 aliphatic rings. The number of hydrogen-bond acceptors (Lipinski definition) is 2.